The van der Waals surface area contributed by atoms with Crippen molar-refractivity contribution in [3.63, 3.8) is 0 Å². The monoisotopic (exact) mass is 583 g/mol. The number of para-hydroxylation sites is 2. The zero-order chi connectivity index (χ0) is 30.0. The van der Waals surface area contributed by atoms with E-state index in [2.05, 4.69) is 14.5 Å². The Balaban J connectivity index is 1.13. The molecule has 0 spiro atoms. The van der Waals surface area contributed by atoms with Crippen LogP contribution in [0.2, 0.25) is 0 Å². The van der Waals surface area contributed by atoms with Gasteiger partial charge in [0.15, 0.2) is 0 Å². The van der Waals surface area contributed by atoms with Crippen LogP contribution in [0.1, 0.15) is 32.1 Å². The standard InChI is InChI=1S/C36H33N5O3/c1-44-34-9-5-3-7-31(34)26-10-12-27(13-11-26)35(42)41-25-30-14-15-33(40(30)24-28-6-2-4-8-32(28)41)36(43)39-22-20-38(21-23-39)29-16-18-37-19-17-29/h2-19H,20-25H2,1H3. The summed E-state index contributed by atoms with van der Waals surface area (Å²) in [7, 11) is 1.66. The van der Waals surface area contributed by atoms with Gasteiger partial charge in [-0.3, -0.25) is 14.6 Å². The van der Waals surface area contributed by atoms with Gasteiger partial charge in [-0.15, -0.1) is 0 Å². The molecule has 8 heteroatoms. The minimum atomic E-state index is -0.0845. The lowest BCUT2D eigenvalue weighted by Gasteiger charge is -2.36. The number of hydrogen-bond acceptors (Lipinski definition) is 5. The number of pyridine rings is 1. The molecule has 4 heterocycles. The van der Waals surface area contributed by atoms with Crippen LogP contribution in [0.5, 0.6) is 5.75 Å². The summed E-state index contributed by atoms with van der Waals surface area (Å²) < 4.78 is 7.61. The molecular formula is C36H33N5O3. The number of methoxy groups -OCH3 is 1. The summed E-state index contributed by atoms with van der Waals surface area (Å²) in [5.41, 5.74) is 7.12. The summed E-state index contributed by atoms with van der Waals surface area (Å²) in [4.78, 5) is 38.0. The average Bonchev–Trinajstić information content (AvgIpc) is 3.41. The van der Waals surface area contributed by atoms with Gasteiger partial charge in [0.1, 0.15) is 11.4 Å². The predicted octanol–water partition coefficient (Wildman–Crippen LogP) is 5.73. The van der Waals surface area contributed by atoms with Gasteiger partial charge in [-0.05, 0) is 59.7 Å². The number of benzene rings is 3. The van der Waals surface area contributed by atoms with Crippen LogP contribution < -0.4 is 14.5 Å². The first kappa shape index (κ1) is 27.5. The molecule has 7 rings (SSSR count). The van der Waals surface area contributed by atoms with E-state index in [0.717, 1.165) is 52.6 Å². The van der Waals surface area contributed by atoms with Crippen LogP contribution in [0.25, 0.3) is 11.1 Å². The number of hydrogen-bond donors (Lipinski definition) is 0. The van der Waals surface area contributed by atoms with Crippen molar-refractivity contribution >= 4 is 23.2 Å². The van der Waals surface area contributed by atoms with E-state index in [1.807, 2.05) is 107 Å². The number of piperazine rings is 1. The van der Waals surface area contributed by atoms with Crippen molar-refractivity contribution in [3.05, 3.63) is 132 Å². The van der Waals surface area contributed by atoms with E-state index in [4.69, 9.17) is 4.74 Å². The summed E-state index contributed by atoms with van der Waals surface area (Å²) in [5.74, 6) is 0.725. The molecule has 5 aromatic rings. The normalized spacial score (nSPS) is 14.4. The fourth-order valence-corrected chi connectivity index (χ4v) is 6.24. The molecule has 0 unspecified atom stereocenters. The molecule has 1 fully saturated rings. The summed E-state index contributed by atoms with van der Waals surface area (Å²) in [6.07, 6.45) is 3.59. The van der Waals surface area contributed by atoms with Gasteiger partial charge in [0.2, 0.25) is 0 Å². The first-order chi connectivity index (χ1) is 21.6. The minimum absolute atomic E-state index is 0.0230. The molecule has 3 aromatic carbocycles. The molecule has 2 aliphatic rings. The molecule has 2 aromatic heterocycles. The van der Waals surface area contributed by atoms with Crippen LogP contribution in [0.15, 0.2) is 109 Å². The SMILES string of the molecule is COc1ccccc1-c1ccc(C(=O)N2Cc3ccc(C(=O)N4CCN(c5ccncc5)CC4)n3Cc3ccccc32)cc1. The molecule has 44 heavy (non-hydrogen) atoms. The van der Waals surface area contributed by atoms with Crippen molar-refractivity contribution in [2.24, 2.45) is 0 Å². The Morgan fingerprint density at radius 3 is 2.23 bits per heavy atom. The lowest BCUT2D eigenvalue weighted by Crippen LogP contribution is -2.49. The van der Waals surface area contributed by atoms with E-state index < -0.39 is 0 Å². The van der Waals surface area contributed by atoms with E-state index in [0.29, 0.717) is 37.4 Å². The molecule has 0 aliphatic carbocycles. The Bertz CT molecular complexity index is 1810. The first-order valence-corrected chi connectivity index (χ1v) is 14.9. The Kier molecular flexibility index (Phi) is 7.32. The molecule has 1 saturated heterocycles. The number of ether oxygens (including phenoxy) is 1. The quantitative estimate of drug-likeness (QED) is 0.264. The van der Waals surface area contributed by atoms with Crippen molar-refractivity contribution in [3.8, 4) is 16.9 Å². The van der Waals surface area contributed by atoms with Crippen molar-refractivity contribution in [2.45, 2.75) is 13.1 Å². The summed E-state index contributed by atoms with van der Waals surface area (Å²) in [6.45, 7) is 3.72. The van der Waals surface area contributed by atoms with E-state index >= 15 is 0 Å². The van der Waals surface area contributed by atoms with Crippen LogP contribution >= 0.6 is 0 Å². The molecule has 0 atom stereocenters. The Morgan fingerprint density at radius 2 is 1.45 bits per heavy atom. The first-order valence-electron chi connectivity index (χ1n) is 14.9. The summed E-state index contributed by atoms with van der Waals surface area (Å²) in [6, 6.07) is 31.4. The number of anilines is 2. The number of fused-ring (bicyclic) bond motifs is 2. The van der Waals surface area contributed by atoms with Crippen LogP contribution in [0.4, 0.5) is 11.4 Å². The van der Waals surface area contributed by atoms with Gasteiger partial charge in [-0.25, -0.2) is 0 Å². The Hall–Kier alpha value is -5.37. The largest absolute Gasteiger partial charge is 0.496 e. The Labute approximate surface area is 256 Å². The van der Waals surface area contributed by atoms with E-state index in [1.54, 1.807) is 19.5 Å². The highest BCUT2D eigenvalue weighted by Crippen LogP contribution is 2.33. The number of nitrogens with zero attached hydrogens (tertiary/aromatic N) is 5. The minimum Gasteiger partial charge on any atom is -0.496 e. The van der Waals surface area contributed by atoms with Crippen molar-refractivity contribution in [2.75, 3.05) is 43.1 Å². The number of aromatic nitrogens is 2. The van der Waals surface area contributed by atoms with Crippen LogP contribution in [-0.2, 0) is 13.1 Å². The maximum Gasteiger partial charge on any atom is 0.270 e. The maximum absolute atomic E-state index is 14.0. The average molecular weight is 584 g/mol. The number of carbonyl (C=O) groups is 2. The van der Waals surface area contributed by atoms with E-state index in [9.17, 15) is 9.59 Å². The number of amides is 2. The number of carbonyl (C=O) groups excluding carboxylic acids is 2. The second-order valence-electron chi connectivity index (χ2n) is 11.1. The van der Waals surface area contributed by atoms with Crippen molar-refractivity contribution < 1.29 is 14.3 Å². The van der Waals surface area contributed by atoms with Crippen molar-refractivity contribution in [1.82, 2.24) is 14.5 Å². The van der Waals surface area contributed by atoms with Crippen LogP contribution in [0, 0.1) is 0 Å². The third-order valence-electron chi connectivity index (χ3n) is 8.61. The Morgan fingerprint density at radius 1 is 0.727 bits per heavy atom. The molecule has 2 aliphatic heterocycles. The smallest absolute Gasteiger partial charge is 0.270 e. The zero-order valence-electron chi connectivity index (χ0n) is 24.6. The van der Waals surface area contributed by atoms with Crippen LogP contribution in [0.3, 0.4) is 0 Å². The van der Waals surface area contributed by atoms with Gasteiger partial charge in [0.05, 0.1) is 20.2 Å². The van der Waals surface area contributed by atoms with Gasteiger partial charge in [0, 0.05) is 66.8 Å². The molecule has 0 bridgehead atoms. The topological polar surface area (TPSA) is 70.9 Å². The van der Waals surface area contributed by atoms with Gasteiger partial charge >= 0.3 is 0 Å². The van der Waals surface area contributed by atoms with Gasteiger partial charge in [-0.2, -0.15) is 0 Å². The number of rotatable bonds is 5. The molecule has 0 N–H and O–H groups in total. The second kappa shape index (κ2) is 11.7. The zero-order valence-corrected chi connectivity index (χ0v) is 24.6. The second-order valence-corrected chi connectivity index (χ2v) is 11.1. The van der Waals surface area contributed by atoms with E-state index in [1.165, 1.54) is 0 Å². The fraction of sp³-hybridized carbons (Fsp3) is 0.194. The third-order valence-corrected chi connectivity index (χ3v) is 8.61. The predicted molar refractivity (Wildman–Crippen MR) is 171 cm³/mol. The van der Waals surface area contributed by atoms with E-state index in [-0.39, 0.29) is 11.8 Å². The van der Waals surface area contributed by atoms with Gasteiger partial charge in [0.25, 0.3) is 11.8 Å². The summed E-state index contributed by atoms with van der Waals surface area (Å²) >= 11 is 0. The van der Waals surface area contributed by atoms with Gasteiger partial charge in [-0.1, -0.05) is 48.5 Å². The lowest BCUT2D eigenvalue weighted by molar-refractivity contribution is 0.0736. The van der Waals surface area contributed by atoms with Crippen LogP contribution in [-0.4, -0.2) is 59.6 Å². The molecule has 0 saturated carbocycles. The molecule has 8 nitrogen and oxygen atoms in total. The third kappa shape index (κ3) is 5.08. The maximum atomic E-state index is 14.0. The van der Waals surface area contributed by atoms with Crippen molar-refractivity contribution in [1.29, 1.82) is 0 Å². The molecule has 220 valence electrons. The molecule has 0 radical (unpaired) electrons. The highest BCUT2D eigenvalue weighted by molar-refractivity contribution is 6.07. The molecular weight excluding hydrogens is 550 g/mol. The lowest BCUT2D eigenvalue weighted by atomic mass is 10.0. The highest BCUT2D eigenvalue weighted by atomic mass is 16.5. The highest BCUT2D eigenvalue weighted by Gasteiger charge is 2.30. The fourth-order valence-electron chi connectivity index (χ4n) is 6.24. The summed E-state index contributed by atoms with van der Waals surface area (Å²) in [5, 5.41) is 0. The molecule has 2 amide bonds. The van der Waals surface area contributed by atoms with Gasteiger partial charge < -0.3 is 24.0 Å².